The minimum Gasteiger partial charge on any atom is -0.368 e. The van der Waals surface area contributed by atoms with Crippen LogP contribution in [0.25, 0.3) is 0 Å². The van der Waals surface area contributed by atoms with Crippen molar-refractivity contribution in [3.8, 4) is 0 Å². The Morgan fingerprint density at radius 1 is 1.50 bits per heavy atom. The third-order valence-corrected chi connectivity index (χ3v) is 3.20. The SMILES string of the molecule is [2H]C1[C@H](NC)CCN1c1cc(C(C)(C)C)nc(N)n1. The van der Waals surface area contributed by atoms with E-state index in [2.05, 4.69) is 36.1 Å². The second kappa shape index (κ2) is 4.72. The van der Waals surface area contributed by atoms with Crippen LogP contribution in [0.4, 0.5) is 11.8 Å². The van der Waals surface area contributed by atoms with Crippen LogP contribution in [-0.2, 0) is 5.41 Å². The Labute approximate surface area is 110 Å². The summed E-state index contributed by atoms with van der Waals surface area (Å²) in [4.78, 5) is 10.6. The van der Waals surface area contributed by atoms with Gasteiger partial charge in [0.25, 0.3) is 0 Å². The highest BCUT2D eigenvalue weighted by atomic mass is 15.2. The quantitative estimate of drug-likeness (QED) is 0.824. The normalized spacial score (nSPS) is 25.3. The van der Waals surface area contributed by atoms with Crippen molar-refractivity contribution in [3.63, 3.8) is 0 Å². The van der Waals surface area contributed by atoms with E-state index >= 15 is 0 Å². The van der Waals surface area contributed by atoms with Crippen LogP contribution in [-0.4, -0.2) is 36.1 Å². The predicted molar refractivity (Wildman–Crippen MR) is 74.8 cm³/mol. The molecule has 100 valence electrons. The van der Waals surface area contributed by atoms with E-state index in [-0.39, 0.29) is 23.9 Å². The van der Waals surface area contributed by atoms with E-state index < -0.39 is 0 Å². The van der Waals surface area contributed by atoms with Gasteiger partial charge in [0.1, 0.15) is 5.82 Å². The van der Waals surface area contributed by atoms with E-state index in [9.17, 15) is 0 Å². The molecule has 0 amide bonds. The van der Waals surface area contributed by atoms with Gasteiger partial charge in [0, 0.05) is 30.6 Å². The van der Waals surface area contributed by atoms with Crippen molar-refractivity contribution in [2.75, 3.05) is 30.7 Å². The lowest BCUT2D eigenvalue weighted by Crippen LogP contribution is -2.30. The molecule has 1 aromatic rings. The van der Waals surface area contributed by atoms with Crippen molar-refractivity contribution in [2.45, 2.75) is 38.6 Å². The van der Waals surface area contributed by atoms with Gasteiger partial charge in [0.15, 0.2) is 0 Å². The molecule has 2 rings (SSSR count). The maximum atomic E-state index is 8.24. The Morgan fingerprint density at radius 2 is 2.22 bits per heavy atom. The Bertz CT molecular complexity index is 457. The van der Waals surface area contributed by atoms with Crippen LogP contribution in [0.15, 0.2) is 6.07 Å². The molecule has 2 atom stereocenters. The lowest BCUT2D eigenvalue weighted by atomic mass is 9.92. The molecule has 0 bridgehead atoms. The summed E-state index contributed by atoms with van der Waals surface area (Å²) in [6.45, 7) is 6.78. The summed E-state index contributed by atoms with van der Waals surface area (Å²) in [7, 11) is 1.89. The number of anilines is 2. The summed E-state index contributed by atoms with van der Waals surface area (Å²) >= 11 is 0. The highest BCUT2D eigenvalue weighted by molar-refractivity contribution is 5.46. The van der Waals surface area contributed by atoms with Crippen LogP contribution in [0.1, 0.15) is 34.3 Å². The number of nitrogens with two attached hydrogens (primary N) is 1. The Morgan fingerprint density at radius 3 is 2.78 bits per heavy atom. The van der Waals surface area contributed by atoms with Crippen molar-refractivity contribution in [2.24, 2.45) is 0 Å². The summed E-state index contributed by atoms with van der Waals surface area (Å²) in [6, 6.07) is 2.13. The second-order valence-electron chi connectivity index (χ2n) is 5.75. The van der Waals surface area contributed by atoms with Crippen molar-refractivity contribution in [1.82, 2.24) is 15.3 Å². The number of aromatic nitrogens is 2. The molecule has 1 fully saturated rings. The van der Waals surface area contributed by atoms with Crippen LogP contribution in [0.2, 0.25) is 0 Å². The third kappa shape index (κ3) is 2.72. The van der Waals surface area contributed by atoms with Crippen molar-refractivity contribution < 1.29 is 1.37 Å². The Hall–Kier alpha value is -1.36. The fourth-order valence-electron chi connectivity index (χ4n) is 2.04. The molecule has 1 aliphatic rings. The third-order valence-electron chi connectivity index (χ3n) is 3.20. The van der Waals surface area contributed by atoms with E-state index in [1.165, 1.54) is 0 Å². The smallest absolute Gasteiger partial charge is 0.222 e. The lowest BCUT2D eigenvalue weighted by Gasteiger charge is -2.22. The van der Waals surface area contributed by atoms with Crippen LogP contribution in [0.3, 0.4) is 0 Å². The molecule has 1 unspecified atom stereocenters. The zero-order chi connectivity index (χ0) is 14.2. The largest absolute Gasteiger partial charge is 0.368 e. The maximum Gasteiger partial charge on any atom is 0.222 e. The van der Waals surface area contributed by atoms with Crippen molar-refractivity contribution in [3.05, 3.63) is 11.8 Å². The van der Waals surface area contributed by atoms with Crippen molar-refractivity contribution >= 4 is 11.8 Å². The summed E-state index contributed by atoms with van der Waals surface area (Å²) in [6.07, 6.45) is 0.944. The van der Waals surface area contributed by atoms with Gasteiger partial charge in [-0.3, -0.25) is 0 Å². The molecule has 0 aliphatic carbocycles. The molecule has 5 heteroatoms. The zero-order valence-electron chi connectivity index (χ0n) is 12.6. The minimum atomic E-state index is -0.327. The van der Waals surface area contributed by atoms with Gasteiger partial charge < -0.3 is 16.0 Å². The van der Waals surface area contributed by atoms with Gasteiger partial charge in [-0.15, -0.1) is 0 Å². The van der Waals surface area contributed by atoms with Crippen LogP contribution < -0.4 is 16.0 Å². The van der Waals surface area contributed by atoms with Crippen LogP contribution in [0, 0.1) is 0 Å². The van der Waals surface area contributed by atoms with Gasteiger partial charge in [-0.2, -0.15) is 4.98 Å². The number of hydrogen-bond acceptors (Lipinski definition) is 5. The van der Waals surface area contributed by atoms with Crippen LogP contribution in [0.5, 0.6) is 0 Å². The standard InChI is InChI=1S/C13H23N5/c1-13(2,3)10-7-11(17-12(14)16-10)18-6-5-9(8-18)15-4/h7,9,15H,5-6,8H2,1-4H3,(H2,14,16,17)/t9-/m1/s1/i8D/t8?,9-. The first-order valence-electron chi connectivity index (χ1n) is 6.92. The van der Waals surface area contributed by atoms with E-state index in [4.69, 9.17) is 7.10 Å². The molecule has 2 heterocycles. The van der Waals surface area contributed by atoms with Gasteiger partial charge >= 0.3 is 0 Å². The van der Waals surface area contributed by atoms with Crippen LogP contribution >= 0.6 is 0 Å². The topological polar surface area (TPSA) is 67.1 Å². The summed E-state index contributed by atoms with van der Waals surface area (Å²) < 4.78 is 8.24. The highest BCUT2D eigenvalue weighted by Crippen LogP contribution is 2.26. The molecule has 0 radical (unpaired) electrons. The molecule has 0 aromatic carbocycles. The molecule has 18 heavy (non-hydrogen) atoms. The highest BCUT2D eigenvalue weighted by Gasteiger charge is 2.24. The van der Waals surface area contributed by atoms with E-state index in [1.54, 1.807) is 0 Å². The number of nitrogens with zero attached hydrogens (tertiary/aromatic N) is 3. The van der Waals surface area contributed by atoms with Gasteiger partial charge in [0.05, 0.1) is 7.06 Å². The Kier molecular flexibility index (Phi) is 3.07. The molecular formula is C13H23N5. The fraction of sp³-hybridized carbons (Fsp3) is 0.692. The fourth-order valence-corrected chi connectivity index (χ4v) is 2.04. The summed E-state index contributed by atoms with van der Waals surface area (Å²) in [5, 5.41) is 3.17. The van der Waals surface area contributed by atoms with Gasteiger partial charge in [0.2, 0.25) is 5.95 Å². The van der Waals surface area contributed by atoms with Gasteiger partial charge in [-0.25, -0.2) is 4.98 Å². The second-order valence-corrected chi connectivity index (χ2v) is 5.75. The monoisotopic (exact) mass is 250 g/mol. The molecule has 3 N–H and O–H groups in total. The zero-order valence-corrected chi connectivity index (χ0v) is 11.6. The minimum absolute atomic E-state index is 0.0779. The molecule has 0 saturated carbocycles. The van der Waals surface area contributed by atoms with Gasteiger partial charge in [-0.05, 0) is 13.5 Å². The molecule has 1 aromatic heterocycles. The first kappa shape index (κ1) is 11.7. The molecule has 1 aliphatic heterocycles. The van der Waals surface area contributed by atoms with E-state index in [0.29, 0.717) is 0 Å². The first-order chi connectivity index (χ1) is 8.82. The number of nitrogen functional groups attached to an aromatic ring is 1. The molecule has 1 saturated heterocycles. The summed E-state index contributed by atoms with van der Waals surface area (Å²) in [5.74, 6) is 1.04. The lowest BCUT2D eigenvalue weighted by molar-refractivity contribution is 0.567. The maximum absolute atomic E-state index is 8.24. The number of likely N-dealkylation sites (N-methyl/N-ethyl adjacent to an activating group) is 1. The van der Waals surface area contributed by atoms with E-state index in [1.807, 2.05) is 18.0 Å². The average molecular weight is 250 g/mol. The summed E-state index contributed by atoms with van der Waals surface area (Å²) in [5.41, 5.74) is 6.64. The average Bonchev–Trinajstić information content (AvgIpc) is 2.68. The number of nitrogens with one attached hydrogen (secondary N) is 1. The molecule has 0 spiro atoms. The Balaban J connectivity index is 2.33. The van der Waals surface area contributed by atoms with Gasteiger partial charge in [-0.1, -0.05) is 20.8 Å². The van der Waals surface area contributed by atoms with Crippen molar-refractivity contribution in [1.29, 1.82) is 0 Å². The number of hydrogen-bond donors (Lipinski definition) is 2. The number of rotatable bonds is 2. The molecule has 5 nitrogen and oxygen atoms in total. The van der Waals surface area contributed by atoms with E-state index in [0.717, 1.165) is 24.5 Å². The predicted octanol–water partition coefficient (Wildman–Crippen LogP) is 1.15. The molecular weight excluding hydrogens is 226 g/mol. The first-order valence-corrected chi connectivity index (χ1v) is 6.34.